The predicted molar refractivity (Wildman–Crippen MR) is 207 cm³/mol. The van der Waals surface area contributed by atoms with Crippen molar-refractivity contribution in [2.24, 2.45) is 56.7 Å². The molecule has 2 amide bonds. The van der Waals surface area contributed by atoms with Crippen LogP contribution in [-0.4, -0.2) is 139 Å². The minimum atomic E-state index is -0.663. The van der Waals surface area contributed by atoms with Crippen LogP contribution in [0.25, 0.3) is 0 Å². The van der Waals surface area contributed by atoms with E-state index in [9.17, 15) is 19.1 Å². The van der Waals surface area contributed by atoms with Gasteiger partial charge in [0.2, 0.25) is 0 Å². The molecule has 310 valence electrons. The van der Waals surface area contributed by atoms with Gasteiger partial charge in [0, 0.05) is 76.3 Å². The fourth-order valence-electron chi connectivity index (χ4n) is 15.4. The predicted octanol–water partition coefficient (Wildman–Crippen LogP) is 6.44. The zero-order chi connectivity index (χ0) is 38.9. The maximum atomic E-state index is 13.7. The molecule has 1 unspecified atom stereocenters. The highest BCUT2D eigenvalue weighted by Gasteiger charge is 2.85. The highest BCUT2D eigenvalue weighted by Crippen LogP contribution is 2.89. The molecule has 9 rings (SSSR count). The van der Waals surface area contributed by atoms with Crippen molar-refractivity contribution in [1.82, 2.24) is 19.6 Å². The van der Waals surface area contributed by atoms with Crippen LogP contribution in [-0.2, 0) is 14.2 Å². The summed E-state index contributed by atoms with van der Waals surface area (Å²) in [5, 5.41) is 12.7. The maximum Gasteiger partial charge on any atom is 0.410 e. The second-order valence-corrected chi connectivity index (χ2v) is 21.5. The zero-order valence-electron chi connectivity index (χ0n) is 34.9. The first kappa shape index (κ1) is 38.8. The third-order valence-corrected chi connectivity index (χ3v) is 18.7. The second-order valence-electron chi connectivity index (χ2n) is 21.5. The standard InChI is InChI=1S/C44H71FN4O6/c1-27(2)35(55-39(52)48-15-8-16-48)30-23-28(3)34-36(53-30)37(50)42(7)32-10-9-31-40(4,5)33(11-12-43(31)26-44(32,43)14-13-41(34,42)6)54-38(51)49-21-19-46(20-22-49)17-18-47-24-29(45)25-47/h27-37,50H,8-26H2,1-7H3/t28-,30-,31+,32+,33+,34+,35-,36+,37+,41-,42-,43-,44?/m1/s1. The van der Waals surface area contributed by atoms with Gasteiger partial charge in [0.05, 0.1) is 18.3 Å². The molecule has 4 aliphatic heterocycles. The highest BCUT2D eigenvalue weighted by molar-refractivity contribution is 5.69. The Kier molecular flexibility index (Phi) is 9.47. The van der Waals surface area contributed by atoms with E-state index in [1.165, 1.54) is 12.8 Å². The Labute approximate surface area is 329 Å². The SMILES string of the molecule is CC(C)[C@@H](OC(=O)N1CCC1)[C@H]1C[C@@H](C)[C@H]2[C@H](O1)[C@H](O)[C@@]1(C)[C@@H]3CC[C@H]4C(C)(C)[C@@H](OC(=O)N5CCN(CCN6CC(F)C6)CC5)CC[C@@]45CC35CC[C@]21C. The first-order chi connectivity index (χ1) is 26.1. The number of aliphatic hydroxyl groups excluding tert-OH is 1. The highest BCUT2D eigenvalue weighted by atomic mass is 19.1. The summed E-state index contributed by atoms with van der Waals surface area (Å²) in [7, 11) is 0. The Hall–Kier alpha value is -1.69. The molecule has 11 heteroatoms. The maximum absolute atomic E-state index is 13.7. The summed E-state index contributed by atoms with van der Waals surface area (Å²) in [5.74, 6) is 1.67. The first-order valence-corrected chi connectivity index (χ1v) is 22.4. The number of halogens is 1. The molecular weight excluding hydrogens is 700 g/mol. The number of hydrogen-bond donors (Lipinski definition) is 1. The fourth-order valence-corrected chi connectivity index (χ4v) is 15.4. The number of nitrogens with zero attached hydrogens (tertiary/aromatic N) is 4. The Balaban J connectivity index is 0.868. The number of rotatable bonds is 7. The Morgan fingerprint density at radius 3 is 2.16 bits per heavy atom. The molecule has 10 nitrogen and oxygen atoms in total. The molecule has 0 radical (unpaired) electrons. The van der Waals surface area contributed by atoms with Crippen LogP contribution in [0.2, 0.25) is 0 Å². The molecule has 5 saturated carbocycles. The number of carbonyl (C=O) groups excluding carboxylic acids is 2. The molecule has 1 N–H and O–H groups in total. The van der Waals surface area contributed by atoms with Crippen molar-refractivity contribution in [1.29, 1.82) is 0 Å². The molecule has 9 fully saturated rings. The normalized spacial score (nSPS) is 46.9. The lowest BCUT2D eigenvalue weighted by atomic mass is 9.41. The van der Waals surface area contributed by atoms with Crippen LogP contribution >= 0.6 is 0 Å². The Morgan fingerprint density at radius 1 is 0.855 bits per heavy atom. The van der Waals surface area contributed by atoms with Crippen molar-refractivity contribution in [2.75, 3.05) is 65.4 Å². The van der Waals surface area contributed by atoms with E-state index in [0.717, 1.165) is 84.2 Å². The van der Waals surface area contributed by atoms with Gasteiger partial charge in [0.1, 0.15) is 18.4 Å². The van der Waals surface area contributed by atoms with Crippen LogP contribution in [0.3, 0.4) is 0 Å². The number of carbonyl (C=O) groups is 2. The van der Waals surface area contributed by atoms with E-state index in [0.29, 0.717) is 43.9 Å². The van der Waals surface area contributed by atoms with Gasteiger partial charge in [0.25, 0.3) is 0 Å². The van der Waals surface area contributed by atoms with E-state index in [1.807, 2.05) is 4.90 Å². The summed E-state index contributed by atoms with van der Waals surface area (Å²) >= 11 is 0. The lowest BCUT2D eigenvalue weighted by molar-refractivity contribution is -0.185. The third kappa shape index (κ3) is 5.63. The van der Waals surface area contributed by atoms with E-state index in [4.69, 9.17) is 14.2 Å². The van der Waals surface area contributed by atoms with Crippen molar-refractivity contribution < 1.29 is 33.3 Å². The van der Waals surface area contributed by atoms with Gasteiger partial charge in [-0.15, -0.1) is 0 Å². The number of ether oxygens (including phenoxy) is 3. The van der Waals surface area contributed by atoms with Gasteiger partial charge in [-0.05, 0) is 104 Å². The molecule has 9 aliphatic rings. The topological polar surface area (TPSA) is 95.0 Å². The van der Waals surface area contributed by atoms with Gasteiger partial charge in [-0.25, -0.2) is 14.0 Å². The quantitative estimate of drug-likeness (QED) is 0.316. The van der Waals surface area contributed by atoms with Gasteiger partial charge < -0.3 is 29.1 Å². The van der Waals surface area contributed by atoms with Gasteiger partial charge in [-0.2, -0.15) is 0 Å². The summed E-state index contributed by atoms with van der Waals surface area (Å²) in [6.07, 6.45) is 7.16. The minimum Gasteiger partial charge on any atom is -0.446 e. The molecule has 55 heavy (non-hydrogen) atoms. The molecular formula is C44H71FN4O6. The number of alkyl halides is 1. The summed E-state index contributed by atoms with van der Waals surface area (Å²) in [5.41, 5.74) is 0.0455. The van der Waals surface area contributed by atoms with Gasteiger partial charge >= 0.3 is 12.2 Å². The third-order valence-electron chi connectivity index (χ3n) is 18.7. The number of piperazine rings is 1. The molecule has 0 bridgehead atoms. The number of aliphatic hydroxyl groups is 1. The van der Waals surface area contributed by atoms with Gasteiger partial charge in [-0.1, -0.05) is 48.5 Å². The summed E-state index contributed by atoms with van der Waals surface area (Å²) in [6, 6.07) is 0. The average Bonchev–Trinajstić information content (AvgIpc) is 3.73. The summed E-state index contributed by atoms with van der Waals surface area (Å²) < 4.78 is 32.9. The fraction of sp³-hybridized carbons (Fsp3) is 0.955. The number of amides is 2. The van der Waals surface area contributed by atoms with Crippen molar-refractivity contribution in [3.8, 4) is 0 Å². The molecule has 0 aromatic carbocycles. The number of likely N-dealkylation sites (tertiary alicyclic amines) is 2. The lowest BCUT2D eigenvalue weighted by Gasteiger charge is -2.63. The molecule has 0 aromatic rings. The van der Waals surface area contributed by atoms with E-state index in [-0.39, 0.29) is 75.5 Å². The van der Waals surface area contributed by atoms with E-state index in [2.05, 4.69) is 58.3 Å². The van der Waals surface area contributed by atoms with Crippen molar-refractivity contribution in [2.45, 2.75) is 143 Å². The molecule has 0 aromatic heterocycles. The van der Waals surface area contributed by atoms with Crippen molar-refractivity contribution >= 4 is 12.2 Å². The van der Waals surface area contributed by atoms with Crippen molar-refractivity contribution in [3.05, 3.63) is 0 Å². The summed E-state index contributed by atoms with van der Waals surface area (Å²) in [4.78, 5) is 34.9. The Bertz CT molecular complexity index is 1500. The lowest BCUT2D eigenvalue weighted by Crippen LogP contribution is -2.60. The van der Waals surface area contributed by atoms with Crippen LogP contribution in [0.1, 0.15) is 106 Å². The molecule has 4 saturated heterocycles. The van der Waals surface area contributed by atoms with E-state index >= 15 is 0 Å². The van der Waals surface area contributed by atoms with E-state index in [1.54, 1.807) is 4.90 Å². The second kappa shape index (κ2) is 13.4. The van der Waals surface area contributed by atoms with Crippen LogP contribution in [0.15, 0.2) is 0 Å². The largest absolute Gasteiger partial charge is 0.446 e. The van der Waals surface area contributed by atoms with Crippen LogP contribution in [0.5, 0.6) is 0 Å². The van der Waals surface area contributed by atoms with Crippen LogP contribution in [0, 0.1) is 56.7 Å². The Morgan fingerprint density at radius 2 is 1.51 bits per heavy atom. The molecule has 13 atom stereocenters. The minimum absolute atomic E-state index is 0.0335. The monoisotopic (exact) mass is 771 g/mol. The van der Waals surface area contributed by atoms with Crippen molar-refractivity contribution in [3.63, 3.8) is 0 Å². The first-order valence-electron chi connectivity index (χ1n) is 22.4. The smallest absolute Gasteiger partial charge is 0.410 e. The zero-order valence-corrected chi connectivity index (χ0v) is 34.9. The molecule has 4 heterocycles. The van der Waals surface area contributed by atoms with Crippen LogP contribution < -0.4 is 0 Å². The molecule has 5 aliphatic carbocycles. The van der Waals surface area contributed by atoms with E-state index < -0.39 is 12.3 Å². The number of hydrogen-bond acceptors (Lipinski definition) is 8. The van der Waals surface area contributed by atoms with Gasteiger partial charge in [0.15, 0.2) is 0 Å². The average molecular weight is 771 g/mol. The van der Waals surface area contributed by atoms with Gasteiger partial charge in [-0.3, -0.25) is 9.80 Å². The molecule has 2 spiro atoms. The number of fused-ring (bicyclic) bond motifs is 4. The van der Waals surface area contributed by atoms with Crippen LogP contribution in [0.4, 0.5) is 14.0 Å². The summed E-state index contributed by atoms with van der Waals surface area (Å²) in [6.45, 7) is 23.8.